The van der Waals surface area contributed by atoms with E-state index >= 15 is 0 Å². The minimum absolute atomic E-state index is 0.144. The van der Waals surface area contributed by atoms with Gasteiger partial charge in [0.15, 0.2) is 0 Å². The van der Waals surface area contributed by atoms with Gasteiger partial charge >= 0.3 is 0 Å². The molecule has 1 atom stereocenters. The summed E-state index contributed by atoms with van der Waals surface area (Å²) in [7, 11) is 1.62. The second-order valence-corrected chi connectivity index (χ2v) is 6.84. The van der Waals surface area contributed by atoms with Crippen molar-refractivity contribution in [3.05, 3.63) is 0 Å². The Morgan fingerprint density at radius 1 is 1.14 bits per heavy atom. The Labute approximate surface area is 135 Å². The minimum atomic E-state index is -0.144. The van der Waals surface area contributed by atoms with Crippen molar-refractivity contribution in [3.63, 3.8) is 0 Å². The fourth-order valence-corrected chi connectivity index (χ4v) is 3.72. The molecule has 2 rings (SSSR count). The monoisotopic (exact) mass is 311 g/mol. The van der Waals surface area contributed by atoms with Gasteiger partial charge in [-0.1, -0.05) is 19.3 Å². The molecule has 5 heteroatoms. The summed E-state index contributed by atoms with van der Waals surface area (Å²) in [5, 5.41) is 0. The molecule has 1 saturated carbocycles. The molecule has 0 radical (unpaired) electrons. The van der Waals surface area contributed by atoms with Gasteiger partial charge in [0.25, 0.3) is 0 Å². The van der Waals surface area contributed by atoms with Gasteiger partial charge in [0.05, 0.1) is 12.5 Å². The van der Waals surface area contributed by atoms with Crippen LogP contribution in [0.25, 0.3) is 0 Å². The molecule has 22 heavy (non-hydrogen) atoms. The van der Waals surface area contributed by atoms with E-state index in [1.807, 2.05) is 4.90 Å². The van der Waals surface area contributed by atoms with E-state index in [-0.39, 0.29) is 12.0 Å². The highest BCUT2D eigenvalue weighted by Crippen LogP contribution is 2.24. The molecule has 0 spiro atoms. The van der Waals surface area contributed by atoms with E-state index in [0.29, 0.717) is 13.0 Å². The van der Waals surface area contributed by atoms with Crippen molar-refractivity contribution < 1.29 is 9.53 Å². The maximum absolute atomic E-state index is 12.3. The Hall–Kier alpha value is -0.650. The molecular formula is C17H33N3O2. The minimum Gasteiger partial charge on any atom is -0.380 e. The SMILES string of the molecule is COC(CN)CC(=O)N1CCCN(CC2CCCCC2)CC1. The number of carbonyl (C=O) groups is 1. The second-order valence-electron chi connectivity index (χ2n) is 6.84. The second kappa shape index (κ2) is 9.48. The molecule has 0 aromatic carbocycles. The Kier molecular flexibility index (Phi) is 7.63. The summed E-state index contributed by atoms with van der Waals surface area (Å²) >= 11 is 0. The first kappa shape index (κ1) is 17.7. The molecule has 5 nitrogen and oxygen atoms in total. The van der Waals surface area contributed by atoms with E-state index in [0.717, 1.165) is 38.5 Å². The van der Waals surface area contributed by atoms with Gasteiger partial charge in [-0.05, 0) is 31.7 Å². The van der Waals surface area contributed by atoms with Crippen LogP contribution in [0.15, 0.2) is 0 Å². The van der Waals surface area contributed by atoms with Crippen LogP contribution < -0.4 is 5.73 Å². The maximum Gasteiger partial charge on any atom is 0.225 e. The predicted molar refractivity (Wildman–Crippen MR) is 88.7 cm³/mol. The average molecular weight is 311 g/mol. The summed E-state index contributed by atoms with van der Waals surface area (Å²) in [6.45, 7) is 5.51. The zero-order chi connectivity index (χ0) is 15.8. The molecule has 1 amide bonds. The molecule has 0 aromatic heterocycles. The standard InChI is InChI=1S/C17H33N3O2/c1-22-16(13-18)12-17(21)20-9-5-8-19(10-11-20)14-15-6-3-2-4-7-15/h15-16H,2-14,18H2,1H3. The number of ether oxygens (including phenoxy) is 1. The van der Waals surface area contributed by atoms with Crippen LogP contribution in [0.4, 0.5) is 0 Å². The van der Waals surface area contributed by atoms with Crippen LogP contribution in [0.1, 0.15) is 44.9 Å². The lowest BCUT2D eigenvalue weighted by atomic mass is 9.89. The number of rotatable bonds is 6. The highest BCUT2D eigenvalue weighted by molar-refractivity contribution is 5.76. The van der Waals surface area contributed by atoms with E-state index < -0.39 is 0 Å². The molecule has 2 aliphatic rings. The van der Waals surface area contributed by atoms with E-state index in [1.54, 1.807) is 7.11 Å². The van der Waals surface area contributed by atoms with Crippen LogP contribution in [0.2, 0.25) is 0 Å². The van der Waals surface area contributed by atoms with Crippen LogP contribution in [0.5, 0.6) is 0 Å². The Morgan fingerprint density at radius 3 is 2.59 bits per heavy atom. The predicted octanol–water partition coefficient (Wildman–Crippen LogP) is 1.46. The van der Waals surface area contributed by atoms with Crippen molar-refractivity contribution in [3.8, 4) is 0 Å². The zero-order valence-corrected chi connectivity index (χ0v) is 14.1. The first-order chi connectivity index (χ1) is 10.7. The lowest BCUT2D eigenvalue weighted by Crippen LogP contribution is -2.39. The smallest absolute Gasteiger partial charge is 0.225 e. The Bertz CT molecular complexity index is 328. The third-order valence-electron chi connectivity index (χ3n) is 5.18. The third kappa shape index (κ3) is 5.52. The van der Waals surface area contributed by atoms with E-state index in [4.69, 9.17) is 10.5 Å². The van der Waals surface area contributed by atoms with Crippen molar-refractivity contribution >= 4 is 5.91 Å². The van der Waals surface area contributed by atoms with Gasteiger partial charge in [0.2, 0.25) is 5.91 Å². The number of nitrogens with zero attached hydrogens (tertiary/aromatic N) is 2. The topological polar surface area (TPSA) is 58.8 Å². The van der Waals surface area contributed by atoms with Crippen LogP contribution in [0.3, 0.4) is 0 Å². The van der Waals surface area contributed by atoms with Gasteiger partial charge in [0.1, 0.15) is 0 Å². The molecule has 0 bridgehead atoms. The molecule has 1 aliphatic carbocycles. The number of hydrogen-bond acceptors (Lipinski definition) is 4. The van der Waals surface area contributed by atoms with Gasteiger partial charge in [-0.25, -0.2) is 0 Å². The zero-order valence-electron chi connectivity index (χ0n) is 14.1. The van der Waals surface area contributed by atoms with Gasteiger partial charge < -0.3 is 20.3 Å². The van der Waals surface area contributed by atoms with Crippen molar-refractivity contribution in [2.75, 3.05) is 46.4 Å². The number of methoxy groups -OCH3 is 1. The summed E-state index contributed by atoms with van der Waals surface area (Å²) in [4.78, 5) is 16.9. The molecule has 128 valence electrons. The fraction of sp³-hybridized carbons (Fsp3) is 0.941. The van der Waals surface area contributed by atoms with E-state index in [2.05, 4.69) is 4.90 Å². The van der Waals surface area contributed by atoms with Gasteiger partial charge in [-0.2, -0.15) is 0 Å². The molecule has 1 heterocycles. The number of hydrogen-bond donors (Lipinski definition) is 1. The van der Waals surface area contributed by atoms with Crippen molar-refractivity contribution in [1.29, 1.82) is 0 Å². The molecule has 1 saturated heterocycles. The van der Waals surface area contributed by atoms with Crippen molar-refractivity contribution in [2.24, 2.45) is 11.7 Å². The fourth-order valence-electron chi connectivity index (χ4n) is 3.72. The van der Waals surface area contributed by atoms with Gasteiger partial charge in [-0.3, -0.25) is 4.79 Å². The summed E-state index contributed by atoms with van der Waals surface area (Å²) in [6.07, 6.45) is 8.36. The molecule has 1 aliphatic heterocycles. The number of nitrogens with two attached hydrogens (primary N) is 1. The van der Waals surface area contributed by atoms with Crippen LogP contribution in [-0.2, 0) is 9.53 Å². The number of carbonyl (C=O) groups excluding carboxylic acids is 1. The van der Waals surface area contributed by atoms with E-state index in [9.17, 15) is 4.79 Å². The van der Waals surface area contributed by atoms with E-state index in [1.165, 1.54) is 38.6 Å². The Balaban J connectivity index is 1.75. The van der Waals surface area contributed by atoms with Crippen LogP contribution in [-0.4, -0.2) is 68.2 Å². The first-order valence-corrected chi connectivity index (χ1v) is 8.96. The molecule has 2 N–H and O–H groups in total. The number of amides is 1. The third-order valence-corrected chi connectivity index (χ3v) is 5.18. The largest absolute Gasteiger partial charge is 0.380 e. The first-order valence-electron chi connectivity index (χ1n) is 8.96. The summed E-state index contributed by atoms with van der Waals surface area (Å²) in [5.41, 5.74) is 5.61. The van der Waals surface area contributed by atoms with Crippen molar-refractivity contribution in [2.45, 2.75) is 51.0 Å². The van der Waals surface area contributed by atoms with Gasteiger partial charge in [-0.15, -0.1) is 0 Å². The molecule has 1 unspecified atom stereocenters. The lowest BCUT2D eigenvalue weighted by molar-refractivity contribution is -0.133. The quantitative estimate of drug-likeness (QED) is 0.807. The molecular weight excluding hydrogens is 278 g/mol. The summed E-state index contributed by atoms with van der Waals surface area (Å²) in [5.74, 6) is 1.07. The van der Waals surface area contributed by atoms with Gasteiger partial charge in [0, 0.05) is 39.8 Å². The Morgan fingerprint density at radius 2 is 1.91 bits per heavy atom. The van der Waals surface area contributed by atoms with Crippen LogP contribution >= 0.6 is 0 Å². The van der Waals surface area contributed by atoms with Crippen LogP contribution in [0, 0.1) is 5.92 Å². The van der Waals surface area contributed by atoms with Crippen molar-refractivity contribution in [1.82, 2.24) is 9.80 Å². The average Bonchev–Trinajstić information content (AvgIpc) is 2.79. The molecule has 2 fully saturated rings. The summed E-state index contributed by atoms with van der Waals surface area (Å²) < 4.78 is 5.23. The highest BCUT2D eigenvalue weighted by atomic mass is 16.5. The highest BCUT2D eigenvalue weighted by Gasteiger charge is 2.23. The molecule has 0 aromatic rings. The normalized spacial score (nSPS) is 23.3. The lowest BCUT2D eigenvalue weighted by Gasteiger charge is -2.29. The summed E-state index contributed by atoms with van der Waals surface area (Å²) in [6, 6.07) is 0. The maximum atomic E-state index is 12.3.